The van der Waals surface area contributed by atoms with E-state index in [9.17, 15) is 5.11 Å². The Labute approximate surface area is 126 Å². The molecule has 1 aliphatic rings. The molecule has 3 heterocycles. The number of fused-ring (bicyclic) bond motifs is 1. The van der Waals surface area contributed by atoms with Crippen LogP contribution < -0.4 is 11.5 Å². The van der Waals surface area contributed by atoms with Gasteiger partial charge in [0.1, 0.15) is 23.8 Å². The molecule has 1 saturated heterocycles. The topological polar surface area (TPSA) is 144 Å². The maximum Gasteiger partial charge on any atom is 0.224 e. The molecule has 10 nitrogen and oxygen atoms in total. The number of anilines is 2. The molecule has 0 saturated carbocycles. The minimum absolute atomic E-state index is 0.0240. The first-order chi connectivity index (χ1) is 10.6. The van der Waals surface area contributed by atoms with Gasteiger partial charge in [-0.15, -0.1) is 0 Å². The Kier molecular flexibility index (Phi) is 3.83. The molecule has 2 aromatic rings. The summed E-state index contributed by atoms with van der Waals surface area (Å²) >= 11 is 0. The number of nitrogens with zero attached hydrogens (tertiary/aromatic N) is 4. The summed E-state index contributed by atoms with van der Waals surface area (Å²) in [5.74, 6) is 0.196. The van der Waals surface area contributed by atoms with Gasteiger partial charge in [-0.25, -0.2) is 4.98 Å². The lowest BCUT2D eigenvalue weighted by molar-refractivity contribution is -0.0612. The van der Waals surface area contributed by atoms with Crippen LogP contribution in [0.2, 0.25) is 0 Å². The van der Waals surface area contributed by atoms with Crippen molar-refractivity contribution in [1.29, 1.82) is 0 Å². The molecule has 0 bridgehead atoms. The molecule has 4 atom stereocenters. The van der Waals surface area contributed by atoms with Crippen LogP contribution in [0.4, 0.5) is 11.8 Å². The standard InChI is InChI=1S/C12H18N6O4/c1-20-3-5-8(21-2)7(19)11(22-5)18-4-15-6-9(13)16-12(14)17-10(6)18/h4-5,7-8,11,19H,3H2,1-2H3,(H4,13,14,16,17)/t5-,7?,8+,11-/m1/s1. The lowest BCUT2D eigenvalue weighted by Crippen LogP contribution is -2.35. The lowest BCUT2D eigenvalue weighted by Gasteiger charge is -2.18. The fraction of sp³-hybridized carbons (Fsp3) is 0.583. The predicted molar refractivity (Wildman–Crippen MR) is 76.7 cm³/mol. The fourth-order valence-corrected chi connectivity index (χ4v) is 2.68. The molecular formula is C12H18N6O4. The van der Waals surface area contributed by atoms with Crippen molar-refractivity contribution in [3.05, 3.63) is 6.33 Å². The first-order valence-corrected chi connectivity index (χ1v) is 6.67. The number of aliphatic hydroxyl groups is 1. The van der Waals surface area contributed by atoms with Gasteiger partial charge in [0.25, 0.3) is 0 Å². The first-order valence-electron chi connectivity index (χ1n) is 6.67. The maximum absolute atomic E-state index is 10.5. The minimum atomic E-state index is -0.917. The first kappa shape index (κ1) is 14.9. The average Bonchev–Trinajstić information content (AvgIpc) is 3.01. The van der Waals surface area contributed by atoms with Crippen LogP contribution in [0.5, 0.6) is 0 Å². The molecule has 3 rings (SSSR count). The van der Waals surface area contributed by atoms with E-state index in [1.807, 2.05) is 0 Å². The molecule has 1 aliphatic heterocycles. The van der Waals surface area contributed by atoms with Crippen molar-refractivity contribution in [3.63, 3.8) is 0 Å². The van der Waals surface area contributed by atoms with Gasteiger partial charge >= 0.3 is 0 Å². The maximum atomic E-state index is 10.5. The third kappa shape index (κ3) is 2.25. The van der Waals surface area contributed by atoms with Crippen LogP contribution in [-0.4, -0.2) is 63.8 Å². The SMILES string of the molecule is COC[C@H]1O[C@@H](n2cnc3c(N)nc(N)nc32)C(O)[C@H]1OC. The Morgan fingerprint density at radius 1 is 1.36 bits per heavy atom. The normalized spacial score (nSPS) is 28.5. The van der Waals surface area contributed by atoms with Crippen LogP contribution in [0.1, 0.15) is 6.23 Å². The van der Waals surface area contributed by atoms with Crippen molar-refractivity contribution in [3.8, 4) is 0 Å². The Hall–Kier alpha value is -2.01. The van der Waals surface area contributed by atoms with Crippen molar-refractivity contribution < 1.29 is 19.3 Å². The zero-order chi connectivity index (χ0) is 15.9. The van der Waals surface area contributed by atoms with Gasteiger partial charge in [0, 0.05) is 14.2 Å². The number of methoxy groups -OCH3 is 2. The molecule has 0 spiro atoms. The van der Waals surface area contributed by atoms with Crippen LogP contribution in [0, 0.1) is 0 Å². The summed E-state index contributed by atoms with van der Waals surface area (Å²) in [6.07, 6.45) is -1.11. The summed E-state index contributed by atoms with van der Waals surface area (Å²) in [5, 5.41) is 10.5. The number of aromatic nitrogens is 4. The van der Waals surface area contributed by atoms with E-state index >= 15 is 0 Å². The average molecular weight is 310 g/mol. The van der Waals surface area contributed by atoms with Crippen LogP contribution in [0.3, 0.4) is 0 Å². The van der Waals surface area contributed by atoms with Crippen molar-refractivity contribution in [2.24, 2.45) is 0 Å². The molecule has 1 fully saturated rings. The molecule has 120 valence electrons. The second-order valence-corrected chi connectivity index (χ2v) is 5.00. The van der Waals surface area contributed by atoms with E-state index in [1.54, 1.807) is 11.7 Å². The van der Waals surface area contributed by atoms with Crippen LogP contribution in [-0.2, 0) is 14.2 Å². The van der Waals surface area contributed by atoms with E-state index < -0.39 is 24.5 Å². The highest BCUT2D eigenvalue weighted by molar-refractivity contribution is 5.82. The van der Waals surface area contributed by atoms with E-state index in [0.717, 1.165) is 0 Å². The number of hydrogen-bond donors (Lipinski definition) is 3. The Morgan fingerprint density at radius 2 is 2.14 bits per heavy atom. The zero-order valence-electron chi connectivity index (χ0n) is 12.2. The summed E-state index contributed by atoms with van der Waals surface area (Å²) in [5.41, 5.74) is 12.2. The largest absolute Gasteiger partial charge is 0.386 e. The number of nitrogens with two attached hydrogens (primary N) is 2. The van der Waals surface area contributed by atoms with Crippen LogP contribution in [0.25, 0.3) is 11.2 Å². The smallest absolute Gasteiger partial charge is 0.224 e. The molecule has 10 heteroatoms. The summed E-state index contributed by atoms with van der Waals surface area (Å²) in [6, 6.07) is 0. The molecular weight excluding hydrogens is 292 g/mol. The number of rotatable bonds is 4. The lowest BCUT2D eigenvalue weighted by atomic mass is 10.1. The molecule has 22 heavy (non-hydrogen) atoms. The molecule has 0 radical (unpaired) electrons. The Balaban J connectivity index is 2.01. The predicted octanol–water partition coefficient (Wildman–Crippen LogP) is -1.09. The van der Waals surface area contributed by atoms with Gasteiger partial charge in [0.15, 0.2) is 17.7 Å². The molecule has 0 amide bonds. The van der Waals surface area contributed by atoms with E-state index in [-0.39, 0.29) is 18.4 Å². The number of hydrogen-bond acceptors (Lipinski definition) is 9. The van der Waals surface area contributed by atoms with Crippen molar-refractivity contribution in [2.45, 2.75) is 24.5 Å². The van der Waals surface area contributed by atoms with Crippen LogP contribution in [0.15, 0.2) is 6.33 Å². The van der Waals surface area contributed by atoms with Crippen molar-refractivity contribution >= 4 is 22.9 Å². The highest BCUT2D eigenvalue weighted by Gasteiger charge is 2.45. The van der Waals surface area contributed by atoms with E-state index in [2.05, 4.69) is 15.0 Å². The van der Waals surface area contributed by atoms with Crippen LogP contribution >= 0.6 is 0 Å². The quantitative estimate of drug-likeness (QED) is 0.641. The molecule has 0 aliphatic carbocycles. The third-order valence-corrected chi connectivity index (χ3v) is 3.65. The second kappa shape index (κ2) is 5.65. The molecule has 0 aromatic carbocycles. The van der Waals surface area contributed by atoms with Crippen molar-refractivity contribution in [2.75, 3.05) is 32.3 Å². The molecule has 1 unspecified atom stereocenters. The van der Waals surface area contributed by atoms with Gasteiger partial charge in [-0.1, -0.05) is 0 Å². The van der Waals surface area contributed by atoms with Gasteiger partial charge in [0.2, 0.25) is 5.95 Å². The van der Waals surface area contributed by atoms with Gasteiger partial charge in [-0.05, 0) is 0 Å². The highest BCUT2D eigenvalue weighted by Crippen LogP contribution is 2.33. The zero-order valence-corrected chi connectivity index (χ0v) is 12.2. The summed E-state index contributed by atoms with van der Waals surface area (Å²) < 4.78 is 17.8. The van der Waals surface area contributed by atoms with Crippen molar-refractivity contribution in [1.82, 2.24) is 19.5 Å². The Bertz CT molecular complexity index is 677. The summed E-state index contributed by atoms with van der Waals surface area (Å²) in [7, 11) is 3.06. The number of aliphatic hydroxyl groups excluding tert-OH is 1. The van der Waals surface area contributed by atoms with E-state index in [1.165, 1.54) is 13.4 Å². The van der Waals surface area contributed by atoms with Gasteiger partial charge in [-0.3, -0.25) is 4.57 Å². The molecule has 2 aromatic heterocycles. The number of ether oxygens (including phenoxy) is 3. The van der Waals surface area contributed by atoms with E-state index in [4.69, 9.17) is 25.7 Å². The third-order valence-electron chi connectivity index (χ3n) is 3.65. The Morgan fingerprint density at radius 3 is 2.82 bits per heavy atom. The van der Waals surface area contributed by atoms with E-state index in [0.29, 0.717) is 11.2 Å². The minimum Gasteiger partial charge on any atom is -0.386 e. The highest BCUT2D eigenvalue weighted by atomic mass is 16.6. The van der Waals surface area contributed by atoms with Gasteiger partial charge in [0.05, 0.1) is 12.9 Å². The van der Waals surface area contributed by atoms with Gasteiger partial charge < -0.3 is 30.8 Å². The monoisotopic (exact) mass is 310 g/mol. The summed E-state index contributed by atoms with van der Waals surface area (Å²) in [4.78, 5) is 12.1. The second-order valence-electron chi connectivity index (χ2n) is 5.00. The van der Waals surface area contributed by atoms with Gasteiger partial charge in [-0.2, -0.15) is 9.97 Å². The molecule has 5 N–H and O–H groups in total. The summed E-state index contributed by atoms with van der Waals surface area (Å²) in [6.45, 7) is 0.290. The fourth-order valence-electron chi connectivity index (χ4n) is 2.68. The number of imidazole rings is 1. The number of nitrogen functional groups attached to an aromatic ring is 2.